The zero-order valence-electron chi connectivity index (χ0n) is 17.5. The highest BCUT2D eigenvalue weighted by molar-refractivity contribution is 6.43. The molecule has 2 aliphatic rings. The van der Waals surface area contributed by atoms with Gasteiger partial charge >= 0.3 is 0 Å². The average molecular weight is 475 g/mol. The molecule has 2 heterocycles. The largest absolute Gasteiger partial charge is 0.352 e. The van der Waals surface area contributed by atoms with Gasteiger partial charge in [0.15, 0.2) is 5.75 Å². The fourth-order valence-corrected chi connectivity index (χ4v) is 4.29. The van der Waals surface area contributed by atoms with Crippen LogP contribution in [-0.2, 0) is 20.9 Å². The van der Waals surface area contributed by atoms with Gasteiger partial charge in [0.1, 0.15) is 0 Å². The van der Waals surface area contributed by atoms with Crippen LogP contribution in [0.5, 0.6) is 5.75 Å². The first-order valence-corrected chi connectivity index (χ1v) is 11.4. The van der Waals surface area contributed by atoms with Crippen molar-refractivity contribution in [3.8, 4) is 16.9 Å². The summed E-state index contributed by atoms with van der Waals surface area (Å²) in [6.45, 7) is 2.47. The molecule has 0 saturated carbocycles. The monoisotopic (exact) mass is 474 g/mol. The van der Waals surface area contributed by atoms with E-state index in [1.165, 1.54) is 6.08 Å². The Morgan fingerprint density at radius 2 is 2.06 bits per heavy atom. The van der Waals surface area contributed by atoms with Crippen LogP contribution in [0.25, 0.3) is 17.2 Å². The Morgan fingerprint density at radius 1 is 1.19 bits per heavy atom. The third-order valence-corrected chi connectivity index (χ3v) is 6.40. The molecular formula is C24H24Cl2N2O4. The maximum atomic E-state index is 12.3. The van der Waals surface area contributed by atoms with Gasteiger partial charge in [-0.25, -0.2) is 0 Å². The number of amides is 2. The van der Waals surface area contributed by atoms with Gasteiger partial charge in [-0.2, -0.15) is 4.89 Å². The van der Waals surface area contributed by atoms with E-state index in [9.17, 15) is 9.59 Å². The number of benzene rings is 2. The lowest BCUT2D eigenvalue weighted by Crippen LogP contribution is -2.29. The number of fused-ring (bicyclic) bond motifs is 1. The second kappa shape index (κ2) is 10.4. The predicted octanol–water partition coefficient (Wildman–Crippen LogP) is 4.67. The van der Waals surface area contributed by atoms with E-state index in [2.05, 4.69) is 5.32 Å². The van der Waals surface area contributed by atoms with E-state index >= 15 is 0 Å². The topological polar surface area (TPSA) is 67.9 Å². The Bertz CT molecular complexity index is 1050. The van der Waals surface area contributed by atoms with Gasteiger partial charge in [0.2, 0.25) is 11.8 Å². The van der Waals surface area contributed by atoms with Crippen molar-refractivity contribution in [1.29, 1.82) is 0 Å². The third kappa shape index (κ3) is 5.26. The van der Waals surface area contributed by atoms with E-state index in [0.29, 0.717) is 47.5 Å². The van der Waals surface area contributed by atoms with Crippen LogP contribution < -0.4 is 10.2 Å². The van der Waals surface area contributed by atoms with Crippen LogP contribution in [0.2, 0.25) is 10.0 Å². The first-order chi connectivity index (χ1) is 15.5. The molecule has 0 unspecified atom stereocenters. The van der Waals surface area contributed by atoms with Crippen molar-refractivity contribution in [3.63, 3.8) is 0 Å². The molecule has 1 N–H and O–H groups in total. The van der Waals surface area contributed by atoms with Crippen LogP contribution in [0, 0.1) is 0 Å². The lowest BCUT2D eigenvalue weighted by atomic mass is 9.96. The molecule has 4 rings (SSSR count). The van der Waals surface area contributed by atoms with Crippen molar-refractivity contribution in [2.24, 2.45) is 0 Å². The van der Waals surface area contributed by atoms with Crippen molar-refractivity contribution in [2.45, 2.75) is 25.7 Å². The first-order valence-electron chi connectivity index (χ1n) is 10.7. The Balaban J connectivity index is 1.44. The molecule has 0 atom stereocenters. The van der Waals surface area contributed by atoms with Crippen LogP contribution >= 0.6 is 23.2 Å². The van der Waals surface area contributed by atoms with Crippen molar-refractivity contribution in [1.82, 2.24) is 10.2 Å². The second-order valence-electron chi connectivity index (χ2n) is 7.76. The van der Waals surface area contributed by atoms with E-state index in [4.69, 9.17) is 33.0 Å². The molecule has 2 aromatic rings. The summed E-state index contributed by atoms with van der Waals surface area (Å²) in [4.78, 5) is 36.1. The maximum absolute atomic E-state index is 12.3. The van der Waals surface area contributed by atoms with Gasteiger partial charge in [0.25, 0.3) is 0 Å². The summed E-state index contributed by atoms with van der Waals surface area (Å²) in [5, 5.41) is 3.66. The molecule has 2 amide bonds. The minimum Gasteiger partial charge on any atom is -0.352 e. The number of halogens is 2. The van der Waals surface area contributed by atoms with E-state index in [0.717, 1.165) is 42.5 Å². The Kier molecular flexibility index (Phi) is 7.35. The Morgan fingerprint density at radius 3 is 2.88 bits per heavy atom. The molecule has 6 nitrogen and oxygen atoms in total. The van der Waals surface area contributed by atoms with Crippen molar-refractivity contribution < 1.29 is 19.4 Å². The van der Waals surface area contributed by atoms with E-state index < -0.39 is 0 Å². The summed E-state index contributed by atoms with van der Waals surface area (Å²) in [6.07, 6.45) is 6.15. The van der Waals surface area contributed by atoms with E-state index in [1.807, 2.05) is 29.2 Å². The van der Waals surface area contributed by atoms with Crippen molar-refractivity contribution >= 4 is 41.1 Å². The molecule has 0 aromatic heterocycles. The fourth-order valence-electron chi connectivity index (χ4n) is 3.90. The molecule has 0 spiro atoms. The highest BCUT2D eigenvalue weighted by Gasteiger charge is 2.19. The highest BCUT2D eigenvalue weighted by Crippen LogP contribution is 2.37. The highest BCUT2D eigenvalue weighted by atomic mass is 35.5. The van der Waals surface area contributed by atoms with Crippen LogP contribution in [-0.4, -0.2) is 43.0 Å². The molecular weight excluding hydrogens is 451 g/mol. The van der Waals surface area contributed by atoms with Crippen LogP contribution in [0.4, 0.5) is 0 Å². The number of hydrogen-bond donors (Lipinski definition) is 1. The average Bonchev–Trinajstić information content (AvgIpc) is 3.22. The minimum atomic E-state index is -0.226. The number of nitrogens with zero attached hydrogens (tertiary/aromatic N) is 1. The zero-order valence-corrected chi connectivity index (χ0v) is 19.0. The van der Waals surface area contributed by atoms with Gasteiger partial charge in [-0.05, 0) is 48.2 Å². The molecule has 2 aliphatic heterocycles. The number of carbonyl (C=O) groups is 2. The summed E-state index contributed by atoms with van der Waals surface area (Å²) in [6, 6.07) is 9.45. The van der Waals surface area contributed by atoms with Gasteiger partial charge in [-0.3, -0.25) is 9.59 Å². The molecule has 0 aliphatic carbocycles. The molecule has 1 saturated heterocycles. The van der Waals surface area contributed by atoms with E-state index in [1.54, 1.807) is 12.1 Å². The summed E-state index contributed by atoms with van der Waals surface area (Å²) in [5.74, 6) is 0.670. The van der Waals surface area contributed by atoms with Gasteiger partial charge in [-0.15, -0.1) is 0 Å². The minimum absolute atomic E-state index is 0.195. The Hall–Kier alpha value is -2.54. The van der Waals surface area contributed by atoms with Crippen molar-refractivity contribution in [2.75, 3.05) is 26.2 Å². The Labute approximate surface area is 197 Å². The van der Waals surface area contributed by atoms with Crippen LogP contribution in [0.1, 0.15) is 30.4 Å². The summed E-state index contributed by atoms with van der Waals surface area (Å²) < 4.78 is 0. The molecule has 1 fully saturated rings. The van der Waals surface area contributed by atoms with Gasteiger partial charge < -0.3 is 15.1 Å². The number of carbonyl (C=O) groups excluding carboxylic acids is 2. The number of hydrogen-bond acceptors (Lipinski definition) is 4. The second-order valence-corrected chi connectivity index (χ2v) is 8.55. The third-order valence-electron chi connectivity index (χ3n) is 5.58. The van der Waals surface area contributed by atoms with Gasteiger partial charge in [-0.1, -0.05) is 35.3 Å². The predicted molar refractivity (Wildman–Crippen MR) is 125 cm³/mol. The lowest BCUT2D eigenvalue weighted by molar-refractivity contribution is -0.215. The molecule has 0 bridgehead atoms. The summed E-state index contributed by atoms with van der Waals surface area (Å²) >= 11 is 12.7. The van der Waals surface area contributed by atoms with Gasteiger partial charge in [0, 0.05) is 49.7 Å². The lowest BCUT2D eigenvalue weighted by Gasteiger charge is -2.17. The summed E-state index contributed by atoms with van der Waals surface area (Å²) in [5.41, 5.74) is 3.53. The molecule has 32 heavy (non-hydrogen) atoms. The number of likely N-dealkylation sites (tertiary alicyclic amines) is 1. The smallest absolute Gasteiger partial charge is 0.244 e. The van der Waals surface area contributed by atoms with Crippen LogP contribution in [0.15, 0.2) is 36.4 Å². The molecule has 8 heteroatoms. The summed E-state index contributed by atoms with van der Waals surface area (Å²) in [7, 11) is 0. The number of rotatable bonds is 7. The molecule has 0 radical (unpaired) electrons. The van der Waals surface area contributed by atoms with Crippen LogP contribution in [0.3, 0.4) is 0 Å². The fraction of sp³-hybridized carbons (Fsp3) is 0.333. The van der Waals surface area contributed by atoms with E-state index in [-0.39, 0.29) is 11.8 Å². The quantitative estimate of drug-likeness (QED) is 0.359. The molecule has 2 aromatic carbocycles. The first kappa shape index (κ1) is 22.6. The zero-order chi connectivity index (χ0) is 22.5. The normalized spacial score (nSPS) is 15.7. The number of nitrogens with one attached hydrogen (secondary N) is 1. The van der Waals surface area contributed by atoms with Crippen molar-refractivity contribution in [3.05, 3.63) is 57.6 Å². The molecule has 168 valence electrons. The van der Waals surface area contributed by atoms with Gasteiger partial charge in [0.05, 0.1) is 16.7 Å². The SMILES string of the molecule is O=C(/C=C/c1c(-c2ccc3c(c2)CCOO3)ccc(Cl)c1Cl)NCCCN1CCCC1=O. The standard InChI is InChI=1S/C24H24Cl2N2O4/c25-20-7-5-18(16-4-8-21-17(15-16)10-14-31-32-21)19(24(20)26)6-9-22(29)27-11-2-13-28-12-1-3-23(28)30/h4-9,15H,1-3,10-14H2,(H,27,29)/b9-6+. The maximum Gasteiger partial charge on any atom is 0.244 e.